The predicted octanol–water partition coefficient (Wildman–Crippen LogP) is 0.0908. The molecule has 3 nitrogen and oxygen atoms in total. The zero-order valence-electron chi connectivity index (χ0n) is 5.65. The minimum Gasteiger partial charge on any atom is -0.313 e. The van der Waals surface area contributed by atoms with Gasteiger partial charge in [0.25, 0.3) is 0 Å². The van der Waals surface area contributed by atoms with E-state index in [2.05, 4.69) is 17.5 Å². The molecule has 0 heterocycles. The second-order valence-corrected chi connectivity index (χ2v) is 1.91. The molecule has 0 saturated heterocycles. The first-order valence-corrected chi connectivity index (χ1v) is 2.47. The largest absolute Gasteiger partial charge is 0.313 e. The summed E-state index contributed by atoms with van der Waals surface area (Å²) in [5.74, 6) is 0. The van der Waals surface area contributed by atoms with Gasteiger partial charge in [-0.1, -0.05) is 6.58 Å². The number of nitrogens with one attached hydrogen (secondary N) is 2. The molecular formula is C5H13N3. The van der Waals surface area contributed by atoms with E-state index in [-0.39, 0.29) is 0 Å². The van der Waals surface area contributed by atoms with Crippen molar-refractivity contribution in [1.82, 2.24) is 16.0 Å². The molecule has 0 spiro atoms. The first-order valence-electron chi connectivity index (χ1n) is 2.47. The highest BCUT2D eigenvalue weighted by Crippen LogP contribution is 1.71. The molecular weight excluding hydrogens is 102 g/mol. The molecule has 0 amide bonds. The van der Waals surface area contributed by atoms with Gasteiger partial charge in [0.2, 0.25) is 0 Å². The summed E-state index contributed by atoms with van der Waals surface area (Å²) in [5, 5.41) is 1.80. The molecule has 48 valence electrons. The van der Waals surface area contributed by atoms with Gasteiger partial charge in [-0.15, -0.1) is 0 Å². The third kappa shape index (κ3) is 5.46. The van der Waals surface area contributed by atoms with Crippen LogP contribution in [0.1, 0.15) is 6.92 Å². The molecule has 0 aliphatic heterocycles. The third-order valence-corrected chi connectivity index (χ3v) is 0.493. The first-order chi connectivity index (χ1) is 3.63. The molecule has 0 unspecified atom stereocenters. The Kier molecular flexibility index (Phi) is 3.23. The maximum atomic E-state index is 3.63. The van der Waals surface area contributed by atoms with E-state index in [0.717, 1.165) is 5.70 Å². The van der Waals surface area contributed by atoms with Gasteiger partial charge in [-0.05, 0) is 6.92 Å². The van der Waals surface area contributed by atoms with E-state index < -0.39 is 0 Å². The van der Waals surface area contributed by atoms with Crippen molar-refractivity contribution in [3.05, 3.63) is 12.3 Å². The van der Waals surface area contributed by atoms with E-state index in [0.29, 0.717) is 0 Å². The summed E-state index contributed by atoms with van der Waals surface area (Å²) in [4.78, 5) is 0. The monoisotopic (exact) mass is 115 g/mol. The summed E-state index contributed by atoms with van der Waals surface area (Å²) in [7, 11) is 3.80. The quantitative estimate of drug-likeness (QED) is 0.510. The Hall–Kier alpha value is -0.540. The molecule has 0 atom stereocenters. The van der Waals surface area contributed by atoms with E-state index >= 15 is 0 Å². The summed E-state index contributed by atoms with van der Waals surface area (Å²) in [6.45, 7) is 5.51. The van der Waals surface area contributed by atoms with Crippen LogP contribution in [0.25, 0.3) is 0 Å². The second kappa shape index (κ2) is 3.46. The van der Waals surface area contributed by atoms with E-state index in [9.17, 15) is 0 Å². The van der Waals surface area contributed by atoms with E-state index in [1.165, 1.54) is 0 Å². The lowest BCUT2D eigenvalue weighted by molar-refractivity contribution is 0.254. The zero-order chi connectivity index (χ0) is 6.57. The van der Waals surface area contributed by atoms with E-state index in [4.69, 9.17) is 0 Å². The van der Waals surface area contributed by atoms with Gasteiger partial charge < -0.3 is 5.43 Å². The number of hydrogen-bond acceptors (Lipinski definition) is 3. The van der Waals surface area contributed by atoms with Crippen LogP contribution in [0.4, 0.5) is 0 Å². The average molecular weight is 115 g/mol. The van der Waals surface area contributed by atoms with Crippen molar-refractivity contribution in [2.45, 2.75) is 6.92 Å². The van der Waals surface area contributed by atoms with Gasteiger partial charge >= 0.3 is 0 Å². The fraction of sp³-hybridized carbons (Fsp3) is 0.600. The van der Waals surface area contributed by atoms with Gasteiger partial charge in [0.1, 0.15) is 0 Å². The molecule has 0 fully saturated rings. The highest BCUT2D eigenvalue weighted by molar-refractivity contribution is 4.80. The number of hydrogen-bond donors (Lipinski definition) is 2. The Bertz CT molecular complexity index is 77.7. The maximum Gasteiger partial charge on any atom is 0.0172 e. The van der Waals surface area contributed by atoms with Gasteiger partial charge in [0.15, 0.2) is 0 Å². The summed E-state index contributed by atoms with van der Waals surface area (Å²) >= 11 is 0. The summed E-state index contributed by atoms with van der Waals surface area (Å²) < 4.78 is 0. The van der Waals surface area contributed by atoms with Crippen molar-refractivity contribution in [2.75, 3.05) is 14.1 Å². The molecule has 2 N–H and O–H groups in total. The lowest BCUT2D eigenvalue weighted by Crippen LogP contribution is -2.40. The van der Waals surface area contributed by atoms with Crippen LogP contribution in [0.3, 0.4) is 0 Å². The highest BCUT2D eigenvalue weighted by Gasteiger charge is 1.81. The van der Waals surface area contributed by atoms with E-state index in [1.807, 2.05) is 21.0 Å². The SMILES string of the molecule is C=C(C)NNN(C)C. The van der Waals surface area contributed by atoms with Gasteiger partial charge in [-0.25, -0.2) is 5.01 Å². The van der Waals surface area contributed by atoms with Crippen LogP contribution in [0.15, 0.2) is 12.3 Å². The van der Waals surface area contributed by atoms with Crippen molar-refractivity contribution < 1.29 is 0 Å². The maximum absolute atomic E-state index is 3.63. The van der Waals surface area contributed by atoms with Crippen molar-refractivity contribution in [3.8, 4) is 0 Å². The van der Waals surface area contributed by atoms with Crippen molar-refractivity contribution in [1.29, 1.82) is 0 Å². The van der Waals surface area contributed by atoms with Crippen LogP contribution >= 0.6 is 0 Å². The molecule has 0 radical (unpaired) electrons. The normalized spacial score (nSPS) is 9.50. The highest BCUT2D eigenvalue weighted by atomic mass is 15.7. The molecule has 0 aliphatic rings. The fourth-order valence-electron chi connectivity index (χ4n) is 0.207. The van der Waals surface area contributed by atoms with Crippen LogP contribution in [0, 0.1) is 0 Å². The van der Waals surface area contributed by atoms with Gasteiger partial charge in [-0.3, -0.25) is 0 Å². The minimum absolute atomic E-state index is 0.902. The van der Waals surface area contributed by atoms with Crippen molar-refractivity contribution in [3.63, 3.8) is 0 Å². The van der Waals surface area contributed by atoms with Gasteiger partial charge in [-0.2, -0.15) is 5.53 Å². The number of allylic oxidation sites excluding steroid dienone is 1. The lowest BCUT2D eigenvalue weighted by Gasteiger charge is -2.12. The predicted molar refractivity (Wildman–Crippen MR) is 34.8 cm³/mol. The minimum atomic E-state index is 0.902. The lowest BCUT2D eigenvalue weighted by atomic mass is 10.6. The molecule has 3 heteroatoms. The molecule has 0 aromatic heterocycles. The van der Waals surface area contributed by atoms with Crippen LogP contribution in [-0.2, 0) is 0 Å². The van der Waals surface area contributed by atoms with Crippen LogP contribution in [0.5, 0.6) is 0 Å². The summed E-state index contributed by atoms with van der Waals surface area (Å²) in [6, 6.07) is 0. The number of hydrazine groups is 2. The Morgan fingerprint density at radius 3 is 2.12 bits per heavy atom. The van der Waals surface area contributed by atoms with Crippen LogP contribution in [-0.4, -0.2) is 19.1 Å². The van der Waals surface area contributed by atoms with Crippen molar-refractivity contribution >= 4 is 0 Å². The molecule has 0 saturated carbocycles. The molecule has 0 bridgehead atoms. The molecule has 0 aliphatic carbocycles. The zero-order valence-corrected chi connectivity index (χ0v) is 5.65. The third-order valence-electron chi connectivity index (χ3n) is 0.493. The van der Waals surface area contributed by atoms with Gasteiger partial charge in [0, 0.05) is 19.8 Å². The topological polar surface area (TPSA) is 27.3 Å². The molecule has 0 rings (SSSR count). The molecule has 0 aromatic carbocycles. The number of nitrogens with zero attached hydrogens (tertiary/aromatic N) is 1. The fourth-order valence-corrected chi connectivity index (χ4v) is 0.207. The summed E-state index contributed by atoms with van der Waals surface area (Å²) in [5.41, 5.74) is 6.56. The Morgan fingerprint density at radius 1 is 1.50 bits per heavy atom. The smallest absolute Gasteiger partial charge is 0.0172 e. The Morgan fingerprint density at radius 2 is 2.00 bits per heavy atom. The first kappa shape index (κ1) is 7.46. The summed E-state index contributed by atoms with van der Waals surface area (Å²) in [6.07, 6.45) is 0. The molecule has 0 aromatic rings. The van der Waals surface area contributed by atoms with Gasteiger partial charge in [0.05, 0.1) is 0 Å². The van der Waals surface area contributed by atoms with Crippen molar-refractivity contribution in [2.24, 2.45) is 0 Å². The van der Waals surface area contributed by atoms with E-state index in [1.54, 1.807) is 5.01 Å². The molecule has 8 heavy (non-hydrogen) atoms. The van der Waals surface area contributed by atoms with Crippen LogP contribution < -0.4 is 11.0 Å². The standard InChI is InChI=1S/C5H13N3/c1-5(2)6-7-8(3)4/h6-7H,1H2,2-4H3. The Balaban J connectivity index is 3.05. The average Bonchev–Trinajstić information content (AvgIpc) is 1.61. The number of rotatable bonds is 3. The second-order valence-electron chi connectivity index (χ2n) is 1.91. The van der Waals surface area contributed by atoms with Crippen LogP contribution in [0.2, 0.25) is 0 Å². The Labute approximate surface area is 50.3 Å².